The molecule has 1 aliphatic heterocycles. The number of aliphatic hydroxyl groups is 1. The molecule has 3 heteroatoms. The Morgan fingerprint density at radius 2 is 1.62 bits per heavy atom. The molecule has 1 saturated carbocycles. The predicted molar refractivity (Wildman–Crippen MR) is 100 cm³/mol. The van der Waals surface area contributed by atoms with Gasteiger partial charge in [-0.1, -0.05) is 62.4 Å². The summed E-state index contributed by atoms with van der Waals surface area (Å²) in [5, 5.41) is 9.54. The van der Waals surface area contributed by atoms with Gasteiger partial charge < -0.3 is 5.11 Å². The van der Waals surface area contributed by atoms with Crippen LogP contribution in [0.25, 0.3) is 0 Å². The van der Waals surface area contributed by atoms with Crippen LogP contribution in [0.4, 0.5) is 0 Å². The third kappa shape index (κ3) is 5.05. The summed E-state index contributed by atoms with van der Waals surface area (Å²) in [6.45, 7) is 4.78. The lowest BCUT2D eigenvalue weighted by atomic mass is 9.94. The summed E-state index contributed by atoms with van der Waals surface area (Å²) in [7, 11) is 0. The van der Waals surface area contributed by atoms with Crippen molar-refractivity contribution < 1.29 is 5.11 Å². The number of benzene rings is 1. The highest BCUT2D eigenvalue weighted by Gasteiger charge is 2.30. The Morgan fingerprint density at radius 3 is 2.33 bits per heavy atom. The largest absolute Gasteiger partial charge is 0.396 e. The maximum Gasteiger partial charge on any atom is 0.0446 e. The van der Waals surface area contributed by atoms with Crippen molar-refractivity contribution in [2.45, 2.75) is 70.0 Å². The Kier molecular flexibility index (Phi) is 7.13. The summed E-state index contributed by atoms with van der Waals surface area (Å²) in [4.78, 5) is 5.33. The van der Waals surface area contributed by atoms with Gasteiger partial charge in [0.2, 0.25) is 0 Å². The Balaban J connectivity index is 1.59. The molecule has 0 spiro atoms. The molecule has 134 valence electrons. The van der Waals surface area contributed by atoms with Gasteiger partial charge in [0.25, 0.3) is 0 Å². The minimum atomic E-state index is 0.300. The summed E-state index contributed by atoms with van der Waals surface area (Å²) < 4.78 is 0. The van der Waals surface area contributed by atoms with Crippen molar-refractivity contribution in [3.63, 3.8) is 0 Å². The van der Waals surface area contributed by atoms with Crippen molar-refractivity contribution in [2.24, 2.45) is 0 Å². The Bertz CT molecular complexity index is 456. The summed E-state index contributed by atoms with van der Waals surface area (Å²) >= 11 is 0. The van der Waals surface area contributed by atoms with Crippen LogP contribution in [0.2, 0.25) is 0 Å². The first-order chi connectivity index (χ1) is 11.9. The number of rotatable bonds is 5. The van der Waals surface area contributed by atoms with Crippen LogP contribution >= 0.6 is 0 Å². The van der Waals surface area contributed by atoms with E-state index in [9.17, 15) is 5.11 Å². The number of piperazine rings is 1. The number of nitrogens with zero attached hydrogens (tertiary/aromatic N) is 2. The van der Waals surface area contributed by atoms with Crippen molar-refractivity contribution in [1.82, 2.24) is 9.80 Å². The normalized spacial score (nSPS) is 25.3. The molecule has 0 amide bonds. The number of aliphatic hydroxyl groups excluding tert-OH is 1. The number of hydrogen-bond acceptors (Lipinski definition) is 3. The van der Waals surface area contributed by atoms with Gasteiger partial charge in [-0.2, -0.15) is 0 Å². The third-order valence-electron chi connectivity index (χ3n) is 5.92. The molecule has 1 aromatic rings. The average Bonchev–Trinajstić information content (AvgIpc) is 2.58. The summed E-state index contributed by atoms with van der Waals surface area (Å²) in [5.74, 6) is 0. The van der Waals surface area contributed by atoms with E-state index in [0.29, 0.717) is 12.6 Å². The maximum absolute atomic E-state index is 9.54. The average molecular weight is 331 g/mol. The monoisotopic (exact) mass is 330 g/mol. The van der Waals surface area contributed by atoms with Gasteiger partial charge in [0.15, 0.2) is 0 Å². The molecule has 2 aliphatic rings. The van der Waals surface area contributed by atoms with E-state index in [-0.39, 0.29) is 0 Å². The maximum atomic E-state index is 9.54. The first-order valence-corrected chi connectivity index (χ1v) is 9.99. The predicted octanol–water partition coefficient (Wildman–Crippen LogP) is 3.67. The highest BCUT2D eigenvalue weighted by atomic mass is 16.3. The highest BCUT2D eigenvalue weighted by Crippen LogP contribution is 2.25. The summed E-state index contributed by atoms with van der Waals surface area (Å²) in [6.07, 6.45) is 10.7. The fraction of sp³-hybridized carbons (Fsp3) is 0.714. The van der Waals surface area contributed by atoms with E-state index in [4.69, 9.17) is 0 Å². The molecule has 3 nitrogen and oxygen atoms in total. The van der Waals surface area contributed by atoms with Gasteiger partial charge in [0, 0.05) is 44.9 Å². The molecule has 1 N–H and O–H groups in total. The van der Waals surface area contributed by atoms with Crippen LogP contribution in [0.15, 0.2) is 30.3 Å². The molecule has 0 aromatic heterocycles. The Labute approximate surface area is 147 Å². The van der Waals surface area contributed by atoms with Gasteiger partial charge in [0.05, 0.1) is 0 Å². The molecule has 1 saturated heterocycles. The molecule has 0 bridgehead atoms. The highest BCUT2D eigenvalue weighted by molar-refractivity contribution is 5.14. The van der Waals surface area contributed by atoms with Crippen molar-refractivity contribution >= 4 is 0 Å². The minimum absolute atomic E-state index is 0.300. The van der Waals surface area contributed by atoms with Gasteiger partial charge in [-0.05, 0) is 24.8 Å². The molecule has 1 atom stereocenters. The van der Waals surface area contributed by atoms with Gasteiger partial charge in [-0.15, -0.1) is 0 Å². The minimum Gasteiger partial charge on any atom is -0.396 e. The van der Waals surface area contributed by atoms with Crippen LogP contribution in [0.1, 0.15) is 56.9 Å². The van der Waals surface area contributed by atoms with Gasteiger partial charge >= 0.3 is 0 Å². The van der Waals surface area contributed by atoms with Crippen molar-refractivity contribution in [3.05, 3.63) is 35.9 Å². The van der Waals surface area contributed by atoms with Crippen molar-refractivity contribution in [1.29, 1.82) is 0 Å². The molecule has 3 rings (SSSR count). The zero-order chi connectivity index (χ0) is 16.6. The molecule has 1 heterocycles. The van der Waals surface area contributed by atoms with E-state index in [1.807, 2.05) is 0 Å². The van der Waals surface area contributed by atoms with Gasteiger partial charge in [-0.3, -0.25) is 9.80 Å². The fourth-order valence-electron chi connectivity index (χ4n) is 4.50. The zero-order valence-corrected chi connectivity index (χ0v) is 15.1. The van der Waals surface area contributed by atoms with Crippen molar-refractivity contribution in [2.75, 3.05) is 26.2 Å². The molecule has 1 aromatic carbocycles. The second-order valence-corrected chi connectivity index (χ2v) is 7.62. The molecule has 24 heavy (non-hydrogen) atoms. The van der Waals surface area contributed by atoms with E-state index in [0.717, 1.165) is 32.1 Å². The van der Waals surface area contributed by atoms with Crippen LogP contribution in [0.5, 0.6) is 0 Å². The van der Waals surface area contributed by atoms with E-state index in [1.54, 1.807) is 0 Å². The summed E-state index contributed by atoms with van der Waals surface area (Å²) in [5.41, 5.74) is 1.39. The first kappa shape index (κ1) is 17.9. The third-order valence-corrected chi connectivity index (χ3v) is 5.92. The van der Waals surface area contributed by atoms with Crippen molar-refractivity contribution in [3.8, 4) is 0 Å². The molecule has 1 aliphatic carbocycles. The van der Waals surface area contributed by atoms with Gasteiger partial charge in [-0.25, -0.2) is 0 Å². The van der Waals surface area contributed by atoms with E-state index in [1.165, 1.54) is 57.1 Å². The van der Waals surface area contributed by atoms with E-state index < -0.39 is 0 Å². The fourth-order valence-corrected chi connectivity index (χ4v) is 4.50. The SMILES string of the molecule is OCCC1CN(C2CCCCCCC2)CCN1Cc1ccccc1. The lowest BCUT2D eigenvalue weighted by Crippen LogP contribution is -2.55. The molecule has 0 radical (unpaired) electrons. The van der Waals surface area contributed by atoms with E-state index in [2.05, 4.69) is 40.1 Å². The van der Waals surface area contributed by atoms with Crippen LogP contribution in [0.3, 0.4) is 0 Å². The van der Waals surface area contributed by atoms with Crippen LogP contribution in [-0.2, 0) is 6.54 Å². The second-order valence-electron chi connectivity index (χ2n) is 7.62. The lowest BCUT2D eigenvalue weighted by Gasteiger charge is -2.45. The van der Waals surface area contributed by atoms with Gasteiger partial charge in [0.1, 0.15) is 0 Å². The molecular weight excluding hydrogens is 296 g/mol. The lowest BCUT2D eigenvalue weighted by molar-refractivity contribution is 0.0249. The second kappa shape index (κ2) is 9.55. The first-order valence-electron chi connectivity index (χ1n) is 9.99. The zero-order valence-electron chi connectivity index (χ0n) is 15.1. The van der Waals surface area contributed by atoms with E-state index >= 15 is 0 Å². The standard InChI is InChI=1S/C21H34N2O/c24-16-13-21-18-23(20-11-7-2-1-3-8-12-20)15-14-22(21)17-19-9-5-4-6-10-19/h4-6,9-10,20-21,24H,1-3,7-8,11-18H2. The number of hydrogen-bond donors (Lipinski definition) is 1. The Morgan fingerprint density at radius 1 is 0.917 bits per heavy atom. The molecule has 1 unspecified atom stereocenters. The van der Waals surface area contributed by atoms with Crippen LogP contribution in [0, 0.1) is 0 Å². The van der Waals surface area contributed by atoms with Crippen LogP contribution in [-0.4, -0.2) is 53.2 Å². The topological polar surface area (TPSA) is 26.7 Å². The quantitative estimate of drug-likeness (QED) is 0.892. The Hall–Kier alpha value is -0.900. The van der Waals surface area contributed by atoms with Crippen LogP contribution < -0.4 is 0 Å². The molecule has 2 fully saturated rings. The molecular formula is C21H34N2O. The smallest absolute Gasteiger partial charge is 0.0446 e. The summed E-state index contributed by atoms with van der Waals surface area (Å²) in [6, 6.07) is 12.1.